The van der Waals surface area contributed by atoms with Crippen molar-refractivity contribution in [1.29, 1.82) is 0 Å². The van der Waals surface area contributed by atoms with Crippen molar-refractivity contribution in [2.75, 3.05) is 33.3 Å². The summed E-state index contributed by atoms with van der Waals surface area (Å²) in [5.74, 6) is 0.800. The third kappa shape index (κ3) is 5.80. The monoisotopic (exact) mass is 284 g/mol. The molecule has 0 heterocycles. The van der Waals surface area contributed by atoms with Crippen LogP contribution in [0.4, 0.5) is 0 Å². The van der Waals surface area contributed by atoms with Crippen molar-refractivity contribution < 1.29 is 9.53 Å². The highest BCUT2D eigenvalue weighted by Crippen LogP contribution is 2.30. The number of nitrogens with one attached hydrogen (secondary N) is 1. The first-order valence-corrected chi connectivity index (χ1v) is 8.14. The van der Waals surface area contributed by atoms with Gasteiger partial charge in [0.2, 0.25) is 0 Å². The molecule has 1 aliphatic carbocycles. The van der Waals surface area contributed by atoms with E-state index in [0.29, 0.717) is 6.61 Å². The van der Waals surface area contributed by atoms with Crippen molar-refractivity contribution in [1.82, 2.24) is 10.2 Å². The quantitative estimate of drug-likeness (QED) is 0.592. The average molecular weight is 284 g/mol. The minimum Gasteiger partial charge on any atom is -0.465 e. The van der Waals surface area contributed by atoms with E-state index in [-0.39, 0.29) is 5.97 Å². The van der Waals surface area contributed by atoms with Gasteiger partial charge in [-0.3, -0.25) is 4.79 Å². The van der Waals surface area contributed by atoms with Crippen LogP contribution in [0.15, 0.2) is 0 Å². The topological polar surface area (TPSA) is 41.6 Å². The molecule has 20 heavy (non-hydrogen) atoms. The Hall–Kier alpha value is -0.610. The molecule has 0 aromatic heterocycles. The molecule has 0 bridgehead atoms. The lowest BCUT2D eigenvalue weighted by molar-refractivity contribution is -0.150. The lowest BCUT2D eigenvalue weighted by Crippen LogP contribution is -2.49. The van der Waals surface area contributed by atoms with Gasteiger partial charge in [-0.2, -0.15) is 0 Å². The first-order chi connectivity index (χ1) is 9.55. The molecule has 4 heteroatoms. The van der Waals surface area contributed by atoms with E-state index in [1.165, 1.54) is 32.4 Å². The van der Waals surface area contributed by atoms with Crippen LogP contribution in [0.2, 0.25) is 0 Å². The maximum absolute atomic E-state index is 12.0. The second kappa shape index (κ2) is 8.63. The molecule has 1 saturated carbocycles. The molecule has 0 amide bonds. The fourth-order valence-electron chi connectivity index (χ4n) is 2.55. The third-order valence-electron chi connectivity index (χ3n) is 4.18. The van der Waals surface area contributed by atoms with Gasteiger partial charge in [-0.05, 0) is 72.0 Å². The van der Waals surface area contributed by atoms with Crippen LogP contribution < -0.4 is 5.32 Å². The van der Waals surface area contributed by atoms with Gasteiger partial charge < -0.3 is 15.0 Å². The maximum Gasteiger partial charge on any atom is 0.326 e. The largest absolute Gasteiger partial charge is 0.465 e. The van der Waals surface area contributed by atoms with Crippen LogP contribution >= 0.6 is 0 Å². The van der Waals surface area contributed by atoms with Crippen LogP contribution in [0.5, 0.6) is 0 Å². The van der Waals surface area contributed by atoms with Gasteiger partial charge in [0.15, 0.2) is 0 Å². The molecule has 1 N–H and O–H groups in total. The number of rotatable bonds is 11. The van der Waals surface area contributed by atoms with E-state index in [9.17, 15) is 4.79 Å². The van der Waals surface area contributed by atoms with E-state index < -0.39 is 5.54 Å². The second-order valence-corrected chi connectivity index (χ2v) is 6.15. The molecule has 118 valence electrons. The standard InChI is InChI=1S/C16H32N2O2/c1-5-11-18(13-14-8-9-14)12-7-10-16(3,17-4)15(19)20-6-2/h14,17H,5-13H2,1-4H3. The number of carbonyl (C=O) groups is 1. The summed E-state index contributed by atoms with van der Waals surface area (Å²) >= 11 is 0. The summed E-state index contributed by atoms with van der Waals surface area (Å²) in [5, 5.41) is 3.13. The zero-order valence-electron chi connectivity index (χ0n) is 13.7. The van der Waals surface area contributed by atoms with Crippen molar-refractivity contribution in [2.24, 2.45) is 5.92 Å². The Morgan fingerprint density at radius 3 is 2.55 bits per heavy atom. The van der Waals surface area contributed by atoms with Crippen molar-refractivity contribution in [3.63, 3.8) is 0 Å². The number of ether oxygens (including phenoxy) is 1. The van der Waals surface area contributed by atoms with Crippen molar-refractivity contribution in [3.05, 3.63) is 0 Å². The Morgan fingerprint density at radius 2 is 2.05 bits per heavy atom. The van der Waals surface area contributed by atoms with Crippen molar-refractivity contribution in [2.45, 2.75) is 58.4 Å². The SMILES string of the molecule is CCCN(CCCC(C)(NC)C(=O)OCC)CC1CC1. The minimum atomic E-state index is -0.548. The summed E-state index contributed by atoms with van der Waals surface area (Å²) in [6, 6.07) is 0. The number of hydrogen-bond donors (Lipinski definition) is 1. The first kappa shape index (κ1) is 17.4. The van der Waals surface area contributed by atoms with E-state index >= 15 is 0 Å². The van der Waals surface area contributed by atoms with Gasteiger partial charge in [-0.25, -0.2) is 0 Å². The smallest absolute Gasteiger partial charge is 0.326 e. The molecule has 1 aliphatic rings. The van der Waals surface area contributed by atoms with Crippen LogP contribution in [0.1, 0.15) is 52.9 Å². The van der Waals surface area contributed by atoms with Crippen LogP contribution in [0.3, 0.4) is 0 Å². The predicted octanol–water partition coefficient (Wildman–Crippen LogP) is 2.43. The highest BCUT2D eigenvalue weighted by Gasteiger charge is 2.32. The lowest BCUT2D eigenvalue weighted by Gasteiger charge is -2.28. The van der Waals surface area contributed by atoms with Crippen molar-refractivity contribution >= 4 is 5.97 Å². The summed E-state index contributed by atoms with van der Waals surface area (Å²) in [5.41, 5.74) is -0.548. The minimum absolute atomic E-state index is 0.133. The molecule has 0 aliphatic heterocycles. The number of likely N-dealkylation sites (N-methyl/N-ethyl adjacent to an activating group) is 1. The summed E-state index contributed by atoms with van der Waals surface area (Å²) in [7, 11) is 1.84. The van der Waals surface area contributed by atoms with E-state index in [1.54, 1.807) is 0 Å². The van der Waals surface area contributed by atoms with Gasteiger partial charge in [-0.1, -0.05) is 6.92 Å². The molecule has 4 nitrogen and oxygen atoms in total. The van der Waals surface area contributed by atoms with Gasteiger partial charge >= 0.3 is 5.97 Å². The van der Waals surface area contributed by atoms with Crippen molar-refractivity contribution in [3.8, 4) is 0 Å². The Morgan fingerprint density at radius 1 is 1.35 bits per heavy atom. The van der Waals surface area contributed by atoms with Gasteiger partial charge in [0.25, 0.3) is 0 Å². The third-order valence-corrected chi connectivity index (χ3v) is 4.18. The maximum atomic E-state index is 12.0. The molecule has 0 aromatic carbocycles. The second-order valence-electron chi connectivity index (χ2n) is 6.15. The first-order valence-electron chi connectivity index (χ1n) is 8.14. The highest BCUT2D eigenvalue weighted by molar-refractivity contribution is 5.80. The zero-order valence-corrected chi connectivity index (χ0v) is 13.7. The van der Waals surface area contributed by atoms with Gasteiger partial charge in [0.05, 0.1) is 6.61 Å². The Labute approximate surface area is 124 Å². The number of esters is 1. The van der Waals surface area contributed by atoms with Gasteiger partial charge in [-0.15, -0.1) is 0 Å². The summed E-state index contributed by atoms with van der Waals surface area (Å²) in [6.07, 6.45) is 5.86. The molecule has 0 spiro atoms. The number of hydrogen-bond acceptors (Lipinski definition) is 4. The normalized spacial score (nSPS) is 18.1. The average Bonchev–Trinajstić information content (AvgIpc) is 3.23. The zero-order chi connectivity index (χ0) is 15.0. The van der Waals surface area contributed by atoms with E-state index in [2.05, 4.69) is 17.1 Å². The lowest BCUT2D eigenvalue weighted by atomic mass is 9.96. The molecular formula is C16H32N2O2. The molecule has 0 radical (unpaired) electrons. The molecule has 0 saturated heterocycles. The van der Waals surface area contributed by atoms with Crippen LogP contribution in [-0.2, 0) is 9.53 Å². The number of nitrogens with zero attached hydrogens (tertiary/aromatic N) is 1. The summed E-state index contributed by atoms with van der Waals surface area (Å²) < 4.78 is 5.16. The van der Waals surface area contributed by atoms with Crippen LogP contribution in [0, 0.1) is 5.92 Å². The van der Waals surface area contributed by atoms with E-state index in [0.717, 1.165) is 25.3 Å². The fourth-order valence-corrected chi connectivity index (χ4v) is 2.55. The Balaban J connectivity index is 2.35. The molecular weight excluding hydrogens is 252 g/mol. The molecule has 1 rings (SSSR count). The molecule has 1 fully saturated rings. The van der Waals surface area contributed by atoms with Gasteiger partial charge in [0.1, 0.15) is 5.54 Å². The molecule has 1 unspecified atom stereocenters. The van der Waals surface area contributed by atoms with Gasteiger partial charge in [0, 0.05) is 6.54 Å². The van der Waals surface area contributed by atoms with E-state index in [4.69, 9.17) is 4.74 Å². The molecule has 0 aromatic rings. The van der Waals surface area contributed by atoms with Crippen LogP contribution in [0.25, 0.3) is 0 Å². The highest BCUT2D eigenvalue weighted by atomic mass is 16.5. The summed E-state index contributed by atoms with van der Waals surface area (Å²) in [4.78, 5) is 14.5. The number of carbonyl (C=O) groups excluding carboxylic acids is 1. The molecule has 1 atom stereocenters. The predicted molar refractivity (Wildman–Crippen MR) is 82.8 cm³/mol. The fraction of sp³-hybridized carbons (Fsp3) is 0.938. The van der Waals surface area contributed by atoms with E-state index in [1.807, 2.05) is 20.9 Å². The summed E-state index contributed by atoms with van der Waals surface area (Å²) in [6.45, 7) is 9.97. The Kier molecular flexibility index (Phi) is 7.52. The van der Waals surface area contributed by atoms with Crippen LogP contribution in [-0.4, -0.2) is 49.7 Å². The Bertz CT molecular complexity index is 292.